The molecule has 0 bridgehead atoms. The van der Waals surface area contributed by atoms with Gasteiger partial charge in [0.1, 0.15) is 5.82 Å². The second-order valence-corrected chi connectivity index (χ2v) is 2.13. The van der Waals surface area contributed by atoms with Gasteiger partial charge >= 0.3 is 6.18 Å². The highest BCUT2D eigenvalue weighted by atomic mass is 19.4. The third-order valence-corrected chi connectivity index (χ3v) is 1.29. The van der Waals surface area contributed by atoms with Crippen LogP contribution in [0.25, 0.3) is 0 Å². The van der Waals surface area contributed by atoms with Crippen molar-refractivity contribution in [2.24, 2.45) is 0 Å². The second-order valence-electron chi connectivity index (χ2n) is 2.13. The maximum absolute atomic E-state index is 12.5. The Morgan fingerprint density at radius 2 is 1.83 bits per heavy atom. The molecule has 1 aromatic rings. The van der Waals surface area contributed by atoms with Crippen LogP contribution >= 0.6 is 0 Å². The average Bonchev–Trinajstić information content (AvgIpc) is 1.92. The fraction of sp³-hybridized carbons (Fsp3) is 0.143. The summed E-state index contributed by atoms with van der Waals surface area (Å²) >= 11 is 0. The molecule has 0 fully saturated rings. The van der Waals surface area contributed by atoms with Gasteiger partial charge in [0.25, 0.3) is 0 Å². The number of alkyl halides is 3. The van der Waals surface area contributed by atoms with Gasteiger partial charge < -0.3 is 5.73 Å². The van der Waals surface area contributed by atoms with Gasteiger partial charge in [0, 0.05) is 0 Å². The van der Waals surface area contributed by atoms with Crippen LogP contribution in [0.3, 0.4) is 0 Å². The summed E-state index contributed by atoms with van der Waals surface area (Å²) in [5.41, 5.74) is 2.77. The zero-order valence-corrected chi connectivity index (χ0v) is 5.74. The van der Waals surface area contributed by atoms with Crippen LogP contribution in [0.5, 0.6) is 0 Å². The zero-order chi connectivity index (χ0) is 9.35. The van der Waals surface area contributed by atoms with Crippen molar-refractivity contribution in [2.75, 3.05) is 5.73 Å². The Hall–Kier alpha value is -1.26. The highest BCUT2D eigenvalue weighted by Crippen LogP contribution is 2.33. The smallest absolute Gasteiger partial charge is 0.396 e. The molecule has 0 saturated heterocycles. The quantitative estimate of drug-likeness (QED) is 0.478. The highest BCUT2D eigenvalue weighted by molar-refractivity contribution is 5.49. The van der Waals surface area contributed by atoms with E-state index in [4.69, 9.17) is 5.73 Å². The van der Waals surface area contributed by atoms with Crippen LogP contribution in [0.15, 0.2) is 12.1 Å². The van der Waals surface area contributed by atoms with E-state index in [0.717, 1.165) is 6.07 Å². The van der Waals surface area contributed by atoms with Crippen LogP contribution in [-0.2, 0) is 6.18 Å². The molecule has 0 unspecified atom stereocenters. The number of benzene rings is 1. The molecule has 0 aliphatic carbocycles. The topological polar surface area (TPSA) is 26.0 Å². The van der Waals surface area contributed by atoms with Crippen molar-refractivity contribution in [2.45, 2.75) is 6.18 Å². The summed E-state index contributed by atoms with van der Waals surface area (Å²) in [6, 6.07) is 3.37. The molecule has 0 aliphatic rings. The molecule has 0 saturated carbocycles. The largest absolute Gasteiger partial charge is 0.418 e. The Morgan fingerprint density at radius 3 is 2.25 bits per heavy atom. The average molecular weight is 178 g/mol. The third-order valence-electron chi connectivity index (χ3n) is 1.29. The molecule has 0 heterocycles. The standard InChI is InChI=1S/C7H4F4N/c8-5-3-1-2-4(6(5)12)7(9,10)11/h2-3H,12H2. The van der Waals surface area contributed by atoms with Gasteiger partial charge in [-0.05, 0) is 18.2 Å². The predicted octanol–water partition coefficient (Wildman–Crippen LogP) is 2.23. The Balaban J connectivity index is 3.26. The van der Waals surface area contributed by atoms with E-state index in [9.17, 15) is 17.6 Å². The van der Waals surface area contributed by atoms with E-state index in [0.29, 0.717) is 6.07 Å². The summed E-state index contributed by atoms with van der Waals surface area (Å²) in [7, 11) is 0. The molecule has 0 aliphatic heterocycles. The van der Waals surface area contributed by atoms with Crippen LogP contribution in [0.4, 0.5) is 23.2 Å². The van der Waals surface area contributed by atoms with Gasteiger partial charge in [-0.1, -0.05) is 0 Å². The van der Waals surface area contributed by atoms with E-state index in [2.05, 4.69) is 0 Å². The molecular formula is C7H4F4N. The van der Waals surface area contributed by atoms with Crippen LogP contribution in [0.1, 0.15) is 5.56 Å². The first-order chi connectivity index (χ1) is 5.43. The lowest BCUT2D eigenvalue weighted by Gasteiger charge is -2.08. The lowest BCUT2D eigenvalue weighted by atomic mass is 10.1. The van der Waals surface area contributed by atoms with E-state index in [-0.39, 0.29) is 0 Å². The van der Waals surface area contributed by atoms with Crippen molar-refractivity contribution >= 4 is 5.69 Å². The Bertz CT molecular complexity index is 292. The lowest BCUT2D eigenvalue weighted by molar-refractivity contribution is -0.137. The number of nitrogens with two attached hydrogens (primary N) is 1. The molecule has 12 heavy (non-hydrogen) atoms. The monoisotopic (exact) mass is 178 g/mol. The fourth-order valence-corrected chi connectivity index (χ4v) is 0.717. The van der Waals surface area contributed by atoms with Crippen molar-refractivity contribution in [1.29, 1.82) is 0 Å². The van der Waals surface area contributed by atoms with Gasteiger partial charge in [-0.25, -0.2) is 4.39 Å². The molecule has 0 spiro atoms. The molecular weight excluding hydrogens is 174 g/mol. The first-order valence-corrected chi connectivity index (χ1v) is 2.95. The van der Waals surface area contributed by atoms with Gasteiger partial charge in [0.05, 0.1) is 11.3 Å². The zero-order valence-electron chi connectivity index (χ0n) is 5.74. The maximum atomic E-state index is 12.5. The van der Waals surface area contributed by atoms with Gasteiger partial charge in [-0.3, -0.25) is 0 Å². The minimum Gasteiger partial charge on any atom is -0.396 e. The number of hydrogen-bond acceptors (Lipinski definition) is 1. The lowest BCUT2D eigenvalue weighted by Crippen LogP contribution is -2.09. The fourth-order valence-electron chi connectivity index (χ4n) is 0.717. The summed E-state index contributed by atoms with van der Waals surface area (Å²) in [6.07, 6.45) is -4.62. The van der Waals surface area contributed by atoms with Crippen molar-refractivity contribution < 1.29 is 17.6 Å². The minimum atomic E-state index is -4.62. The molecule has 0 amide bonds. The second kappa shape index (κ2) is 2.66. The molecule has 1 nitrogen and oxygen atoms in total. The maximum Gasteiger partial charge on any atom is 0.418 e. The highest BCUT2D eigenvalue weighted by Gasteiger charge is 2.33. The first-order valence-electron chi connectivity index (χ1n) is 2.95. The van der Waals surface area contributed by atoms with Crippen molar-refractivity contribution in [1.82, 2.24) is 0 Å². The van der Waals surface area contributed by atoms with Crippen LogP contribution < -0.4 is 5.73 Å². The first kappa shape index (κ1) is 8.83. The molecule has 0 atom stereocenters. The summed E-state index contributed by atoms with van der Waals surface area (Å²) in [4.78, 5) is 0. The summed E-state index contributed by atoms with van der Waals surface area (Å²) in [5, 5.41) is 0. The summed E-state index contributed by atoms with van der Waals surface area (Å²) < 4.78 is 48.3. The molecule has 5 heteroatoms. The predicted molar refractivity (Wildman–Crippen MR) is 34.7 cm³/mol. The Morgan fingerprint density at radius 1 is 1.25 bits per heavy atom. The van der Waals surface area contributed by atoms with Crippen molar-refractivity contribution in [3.8, 4) is 0 Å². The van der Waals surface area contributed by atoms with Crippen molar-refractivity contribution in [3.63, 3.8) is 0 Å². The molecule has 1 radical (unpaired) electrons. The van der Waals surface area contributed by atoms with Crippen LogP contribution in [0, 0.1) is 11.9 Å². The number of rotatable bonds is 0. The van der Waals surface area contributed by atoms with Crippen LogP contribution in [-0.4, -0.2) is 0 Å². The molecule has 0 aromatic heterocycles. The SMILES string of the molecule is Nc1c(F)c[c]cc1C(F)(F)F. The molecule has 1 rings (SSSR count). The summed E-state index contributed by atoms with van der Waals surface area (Å²) in [5.74, 6) is -1.11. The number of anilines is 1. The van der Waals surface area contributed by atoms with Crippen molar-refractivity contribution in [3.05, 3.63) is 29.6 Å². The van der Waals surface area contributed by atoms with Gasteiger partial charge in [0.2, 0.25) is 0 Å². The van der Waals surface area contributed by atoms with Gasteiger partial charge in [-0.2, -0.15) is 13.2 Å². The molecule has 2 N–H and O–H groups in total. The van der Waals surface area contributed by atoms with E-state index in [1.807, 2.05) is 6.07 Å². The van der Waals surface area contributed by atoms with Gasteiger partial charge in [0.15, 0.2) is 0 Å². The van der Waals surface area contributed by atoms with E-state index >= 15 is 0 Å². The Kier molecular flexibility index (Phi) is 1.95. The molecule has 1 aromatic carbocycles. The normalized spacial score (nSPS) is 11.7. The van der Waals surface area contributed by atoms with E-state index in [1.54, 1.807) is 0 Å². The van der Waals surface area contributed by atoms with E-state index in [1.165, 1.54) is 0 Å². The number of halogens is 4. The van der Waals surface area contributed by atoms with E-state index < -0.39 is 23.2 Å². The third kappa shape index (κ3) is 1.49. The summed E-state index contributed by atoms with van der Waals surface area (Å²) in [6.45, 7) is 0. The minimum absolute atomic E-state index is 0.610. The van der Waals surface area contributed by atoms with Gasteiger partial charge in [-0.15, -0.1) is 0 Å². The number of nitrogen functional groups attached to an aromatic ring is 1. The van der Waals surface area contributed by atoms with Crippen LogP contribution in [0.2, 0.25) is 0 Å². The number of hydrogen-bond donors (Lipinski definition) is 1. The Labute approximate surface area is 65.8 Å². The molecule has 65 valence electrons.